The second kappa shape index (κ2) is 6.35. The second-order valence-electron chi connectivity index (χ2n) is 4.97. The highest BCUT2D eigenvalue weighted by Gasteiger charge is 2.28. The van der Waals surface area contributed by atoms with Gasteiger partial charge in [0.15, 0.2) is 0 Å². The van der Waals surface area contributed by atoms with Crippen molar-refractivity contribution in [2.75, 3.05) is 0 Å². The van der Waals surface area contributed by atoms with Crippen LogP contribution in [0, 0.1) is 11.7 Å². The number of carboxylic acids is 1. The zero-order chi connectivity index (χ0) is 14.7. The van der Waals surface area contributed by atoms with Crippen molar-refractivity contribution in [2.45, 2.75) is 31.7 Å². The van der Waals surface area contributed by atoms with E-state index in [9.17, 15) is 14.0 Å². The molecule has 1 aromatic rings. The third-order valence-electron chi connectivity index (χ3n) is 3.55. The average Bonchev–Trinajstić information content (AvgIpc) is 2.42. The molecule has 1 aliphatic carbocycles. The quantitative estimate of drug-likeness (QED) is 0.886. The Morgan fingerprint density at radius 1 is 1.35 bits per heavy atom. The van der Waals surface area contributed by atoms with Gasteiger partial charge in [-0.15, -0.1) is 0 Å². The zero-order valence-corrected chi connectivity index (χ0v) is 12.3. The first-order valence-electron chi connectivity index (χ1n) is 6.46. The third-order valence-corrected chi connectivity index (χ3v) is 4.36. The summed E-state index contributed by atoms with van der Waals surface area (Å²) in [6.45, 7) is 0. The van der Waals surface area contributed by atoms with Gasteiger partial charge in [-0.3, -0.25) is 9.59 Å². The van der Waals surface area contributed by atoms with Crippen LogP contribution in [0.2, 0.25) is 0 Å². The number of aliphatic carboxylic acids is 1. The van der Waals surface area contributed by atoms with Crippen LogP contribution >= 0.6 is 15.9 Å². The van der Waals surface area contributed by atoms with Crippen LogP contribution < -0.4 is 5.32 Å². The van der Waals surface area contributed by atoms with Crippen molar-refractivity contribution in [2.24, 2.45) is 5.92 Å². The van der Waals surface area contributed by atoms with E-state index in [2.05, 4.69) is 21.2 Å². The molecule has 0 bridgehead atoms. The molecule has 0 radical (unpaired) electrons. The van der Waals surface area contributed by atoms with E-state index in [1.165, 1.54) is 18.2 Å². The second-order valence-corrected chi connectivity index (χ2v) is 5.77. The van der Waals surface area contributed by atoms with E-state index < -0.39 is 17.7 Å². The number of carbonyl (C=O) groups excluding carboxylic acids is 1. The van der Waals surface area contributed by atoms with Crippen molar-refractivity contribution in [1.82, 2.24) is 5.32 Å². The molecule has 2 atom stereocenters. The lowest BCUT2D eigenvalue weighted by atomic mass is 9.85. The predicted octanol–water partition coefficient (Wildman–Crippen LogP) is 2.96. The number of amides is 1. The summed E-state index contributed by atoms with van der Waals surface area (Å²) < 4.78 is 13.5. The van der Waals surface area contributed by atoms with Crippen LogP contribution in [0.3, 0.4) is 0 Å². The maximum atomic E-state index is 13.4. The van der Waals surface area contributed by atoms with E-state index in [4.69, 9.17) is 5.11 Å². The van der Waals surface area contributed by atoms with Crippen molar-refractivity contribution >= 4 is 27.8 Å². The van der Waals surface area contributed by atoms with E-state index >= 15 is 0 Å². The van der Waals surface area contributed by atoms with Gasteiger partial charge < -0.3 is 10.4 Å². The highest BCUT2D eigenvalue weighted by molar-refractivity contribution is 9.10. The van der Waals surface area contributed by atoms with Gasteiger partial charge in [-0.1, -0.05) is 12.5 Å². The van der Waals surface area contributed by atoms with Crippen LogP contribution in [-0.2, 0) is 4.79 Å². The highest BCUT2D eigenvalue weighted by atomic mass is 79.9. The van der Waals surface area contributed by atoms with E-state index in [0.29, 0.717) is 12.8 Å². The van der Waals surface area contributed by atoms with Crippen LogP contribution in [0.25, 0.3) is 0 Å². The summed E-state index contributed by atoms with van der Waals surface area (Å²) in [6.07, 6.45) is 2.59. The Bertz CT molecular complexity index is 535. The molecule has 2 N–H and O–H groups in total. The summed E-state index contributed by atoms with van der Waals surface area (Å²) in [7, 11) is 0. The number of halogens is 2. The molecule has 108 valence electrons. The van der Waals surface area contributed by atoms with Gasteiger partial charge in [-0.25, -0.2) is 4.39 Å². The highest BCUT2D eigenvalue weighted by Crippen LogP contribution is 2.26. The molecular weight excluding hydrogens is 329 g/mol. The smallest absolute Gasteiger partial charge is 0.306 e. The van der Waals surface area contributed by atoms with Gasteiger partial charge in [-0.2, -0.15) is 0 Å². The fraction of sp³-hybridized carbons (Fsp3) is 0.429. The predicted molar refractivity (Wildman–Crippen MR) is 74.9 cm³/mol. The molecule has 2 unspecified atom stereocenters. The molecule has 1 aliphatic rings. The van der Waals surface area contributed by atoms with Crippen molar-refractivity contribution < 1.29 is 19.1 Å². The molecule has 6 heteroatoms. The molecule has 1 fully saturated rings. The number of hydrogen-bond donors (Lipinski definition) is 2. The van der Waals surface area contributed by atoms with Crippen LogP contribution in [0.5, 0.6) is 0 Å². The number of rotatable bonds is 3. The summed E-state index contributed by atoms with van der Waals surface area (Å²) in [5.41, 5.74) is 0.224. The van der Waals surface area contributed by atoms with Crippen molar-refractivity contribution in [3.63, 3.8) is 0 Å². The lowest BCUT2D eigenvalue weighted by molar-refractivity contribution is -0.143. The van der Waals surface area contributed by atoms with Crippen LogP contribution in [-0.4, -0.2) is 23.0 Å². The van der Waals surface area contributed by atoms with Crippen molar-refractivity contribution in [3.05, 3.63) is 34.1 Å². The zero-order valence-electron chi connectivity index (χ0n) is 10.7. The lowest BCUT2D eigenvalue weighted by Crippen LogP contribution is -2.40. The molecule has 1 amide bonds. The number of hydrogen-bond acceptors (Lipinski definition) is 2. The fourth-order valence-electron chi connectivity index (χ4n) is 2.49. The van der Waals surface area contributed by atoms with Crippen molar-refractivity contribution in [3.8, 4) is 0 Å². The molecule has 0 aliphatic heterocycles. The molecule has 20 heavy (non-hydrogen) atoms. The SMILES string of the molecule is O=C(NC1CCCC(C(=O)O)C1)c1cccc(F)c1Br. The standard InChI is InChI=1S/C14H15BrFNO3/c15-12-10(5-2-6-11(12)16)13(18)17-9-4-1-3-8(7-9)14(19)20/h2,5-6,8-9H,1,3-4,7H2,(H,17,18)(H,19,20). The summed E-state index contributed by atoms with van der Waals surface area (Å²) in [5.74, 6) is -2.11. The Hall–Kier alpha value is -1.43. The van der Waals surface area contributed by atoms with E-state index in [1.54, 1.807) is 0 Å². The monoisotopic (exact) mass is 343 g/mol. The van der Waals surface area contributed by atoms with E-state index in [-0.39, 0.29) is 22.0 Å². The van der Waals surface area contributed by atoms with E-state index in [0.717, 1.165) is 12.8 Å². The molecule has 0 spiro atoms. The van der Waals surface area contributed by atoms with Crippen LogP contribution in [0.1, 0.15) is 36.0 Å². The molecular formula is C14H15BrFNO3. The first-order chi connectivity index (χ1) is 9.49. The van der Waals surface area contributed by atoms with Crippen molar-refractivity contribution in [1.29, 1.82) is 0 Å². The molecule has 0 saturated heterocycles. The minimum atomic E-state index is -0.823. The molecule has 1 saturated carbocycles. The Balaban J connectivity index is 2.04. The van der Waals surface area contributed by atoms with Gasteiger partial charge in [0.05, 0.1) is 16.0 Å². The molecule has 0 aromatic heterocycles. The number of benzene rings is 1. The summed E-state index contributed by atoms with van der Waals surface area (Å²) >= 11 is 3.05. The van der Waals surface area contributed by atoms with Crippen LogP contribution in [0.4, 0.5) is 4.39 Å². The maximum Gasteiger partial charge on any atom is 0.306 e. The van der Waals surface area contributed by atoms with Gasteiger partial charge in [0.25, 0.3) is 5.91 Å². The summed E-state index contributed by atoms with van der Waals surface area (Å²) in [5, 5.41) is 11.8. The number of nitrogens with one attached hydrogen (secondary N) is 1. The molecule has 1 aromatic carbocycles. The summed E-state index contributed by atoms with van der Waals surface area (Å²) in [6, 6.07) is 4.09. The fourth-order valence-corrected chi connectivity index (χ4v) is 2.93. The lowest BCUT2D eigenvalue weighted by Gasteiger charge is -2.27. The van der Waals surface area contributed by atoms with Crippen LogP contribution in [0.15, 0.2) is 22.7 Å². The Kier molecular flexibility index (Phi) is 4.75. The number of carboxylic acid groups (broad SMARTS) is 1. The van der Waals surface area contributed by atoms with E-state index in [1.807, 2.05) is 0 Å². The van der Waals surface area contributed by atoms with Gasteiger partial charge >= 0.3 is 5.97 Å². The maximum absolute atomic E-state index is 13.4. The third kappa shape index (κ3) is 3.36. The minimum absolute atomic E-state index is 0.128. The largest absolute Gasteiger partial charge is 0.481 e. The molecule has 2 rings (SSSR count). The summed E-state index contributed by atoms with van der Waals surface area (Å²) in [4.78, 5) is 23.1. The number of carbonyl (C=O) groups is 2. The molecule has 0 heterocycles. The van der Waals surface area contributed by atoms with Gasteiger partial charge in [0.2, 0.25) is 0 Å². The minimum Gasteiger partial charge on any atom is -0.481 e. The van der Waals surface area contributed by atoms with Gasteiger partial charge in [-0.05, 0) is 47.3 Å². The first kappa shape index (κ1) is 15.0. The Morgan fingerprint density at radius 3 is 2.80 bits per heavy atom. The van der Waals surface area contributed by atoms with Gasteiger partial charge in [0.1, 0.15) is 5.82 Å². The topological polar surface area (TPSA) is 66.4 Å². The molecule has 4 nitrogen and oxygen atoms in total. The Morgan fingerprint density at radius 2 is 2.10 bits per heavy atom. The first-order valence-corrected chi connectivity index (χ1v) is 7.26. The Labute approximate surface area is 124 Å². The average molecular weight is 344 g/mol. The van der Waals surface area contributed by atoms with Gasteiger partial charge in [0, 0.05) is 6.04 Å². The normalized spacial score (nSPS) is 22.3.